The fourth-order valence-corrected chi connectivity index (χ4v) is 3.94. The summed E-state index contributed by atoms with van der Waals surface area (Å²) in [5, 5.41) is 28.8. The zero-order valence-electron chi connectivity index (χ0n) is 17.5. The molecule has 31 heavy (non-hydrogen) atoms. The van der Waals surface area contributed by atoms with E-state index in [0.29, 0.717) is 12.2 Å². The fourth-order valence-electron chi connectivity index (χ4n) is 3.94. The number of aromatic carboxylic acids is 1. The average molecular weight is 416 g/mol. The largest absolute Gasteiger partial charge is 0.477 e. The van der Waals surface area contributed by atoms with Crippen molar-refractivity contribution in [1.82, 2.24) is 30.4 Å². The fraction of sp³-hybridized carbons (Fsp3) is 0.261. The van der Waals surface area contributed by atoms with Crippen molar-refractivity contribution in [3.8, 4) is 22.5 Å². The smallest absolute Gasteiger partial charge is 0.354 e. The van der Waals surface area contributed by atoms with E-state index in [1.165, 1.54) is 4.68 Å². The first-order valence-corrected chi connectivity index (χ1v) is 10.3. The Kier molecular flexibility index (Phi) is 5.88. The van der Waals surface area contributed by atoms with Crippen molar-refractivity contribution >= 4 is 5.97 Å². The molecule has 0 aliphatic heterocycles. The van der Waals surface area contributed by atoms with E-state index in [1.54, 1.807) is 7.05 Å². The molecule has 0 fully saturated rings. The van der Waals surface area contributed by atoms with E-state index >= 15 is 0 Å². The average Bonchev–Trinajstić information content (AvgIpc) is 3.41. The molecule has 4 rings (SSSR count). The molecule has 158 valence electrons. The number of hydrogen-bond acceptors (Lipinski definition) is 5. The van der Waals surface area contributed by atoms with Gasteiger partial charge in [-0.2, -0.15) is 10.3 Å². The Morgan fingerprint density at radius 2 is 1.77 bits per heavy atom. The Bertz CT molecular complexity index is 1200. The van der Waals surface area contributed by atoms with Gasteiger partial charge in [0.15, 0.2) is 0 Å². The maximum Gasteiger partial charge on any atom is 0.354 e. The van der Waals surface area contributed by atoms with Gasteiger partial charge in [0, 0.05) is 24.6 Å². The van der Waals surface area contributed by atoms with Crippen LogP contribution < -0.4 is 0 Å². The molecule has 0 saturated heterocycles. The predicted molar refractivity (Wildman–Crippen MR) is 117 cm³/mol. The maximum absolute atomic E-state index is 12.0. The molecule has 0 radical (unpaired) electrons. The number of nitrogens with one attached hydrogen (secondary N) is 1. The molecule has 8 nitrogen and oxygen atoms in total. The minimum Gasteiger partial charge on any atom is -0.477 e. The van der Waals surface area contributed by atoms with Gasteiger partial charge in [0.25, 0.3) is 0 Å². The van der Waals surface area contributed by atoms with Gasteiger partial charge in [0.1, 0.15) is 5.69 Å². The van der Waals surface area contributed by atoms with Crippen LogP contribution in [0.5, 0.6) is 0 Å². The number of aryl methyl sites for hydroxylation is 2. The van der Waals surface area contributed by atoms with Gasteiger partial charge in [-0.15, -0.1) is 10.2 Å². The summed E-state index contributed by atoms with van der Waals surface area (Å²) in [6.07, 6.45) is 3.22. The Hall–Kier alpha value is -3.81. The van der Waals surface area contributed by atoms with E-state index in [2.05, 4.69) is 32.6 Å². The van der Waals surface area contributed by atoms with Gasteiger partial charge in [0.2, 0.25) is 5.82 Å². The molecule has 4 aromatic rings. The molecule has 2 heterocycles. The summed E-state index contributed by atoms with van der Waals surface area (Å²) in [5.41, 5.74) is 5.72. The van der Waals surface area contributed by atoms with Crippen LogP contribution >= 0.6 is 0 Å². The number of unbranched alkanes of at least 4 members (excludes halogenated alkanes) is 1. The number of rotatable bonds is 8. The van der Waals surface area contributed by atoms with Gasteiger partial charge in [-0.3, -0.25) is 4.68 Å². The van der Waals surface area contributed by atoms with Gasteiger partial charge in [0.05, 0.1) is 5.69 Å². The van der Waals surface area contributed by atoms with Crippen molar-refractivity contribution in [3.63, 3.8) is 0 Å². The Morgan fingerprint density at radius 3 is 2.45 bits per heavy atom. The number of tetrazole rings is 1. The van der Waals surface area contributed by atoms with E-state index in [-0.39, 0.29) is 5.69 Å². The molecule has 0 saturated carbocycles. The number of benzene rings is 2. The highest BCUT2D eigenvalue weighted by Gasteiger charge is 2.23. The second-order valence-corrected chi connectivity index (χ2v) is 7.42. The molecule has 8 heteroatoms. The molecule has 0 aliphatic carbocycles. The highest BCUT2D eigenvalue weighted by Crippen LogP contribution is 2.34. The Balaban J connectivity index is 1.82. The number of aromatic nitrogens is 6. The van der Waals surface area contributed by atoms with E-state index in [4.69, 9.17) is 0 Å². The summed E-state index contributed by atoms with van der Waals surface area (Å²) in [7, 11) is 1.69. The Labute approximate surface area is 179 Å². The molecule has 0 aliphatic rings. The van der Waals surface area contributed by atoms with Crippen LogP contribution in [0.2, 0.25) is 0 Å². The van der Waals surface area contributed by atoms with Crippen LogP contribution in [-0.4, -0.2) is 41.5 Å². The summed E-state index contributed by atoms with van der Waals surface area (Å²) in [4.78, 5) is 12.0. The molecule has 0 spiro atoms. The van der Waals surface area contributed by atoms with Crippen LogP contribution in [0.4, 0.5) is 0 Å². The number of carboxylic acids is 1. The van der Waals surface area contributed by atoms with Crippen molar-refractivity contribution in [1.29, 1.82) is 0 Å². The number of nitrogens with zero attached hydrogens (tertiary/aromatic N) is 5. The molecule has 0 unspecified atom stereocenters. The van der Waals surface area contributed by atoms with Crippen LogP contribution in [0.1, 0.15) is 47.1 Å². The standard InChI is InChI=1S/C23H24N6O2/c1-3-4-13-20-19(21(23(30)31)29(2)26-20)14-15-9-5-6-10-16(15)17-11-7-8-12-18(17)22-24-27-28-25-22/h5-12H,3-4,13-14H2,1-2H3,(H,30,31)(H,24,25,27,28). The lowest BCUT2D eigenvalue weighted by molar-refractivity contribution is 0.0684. The molecule has 0 amide bonds. The first-order valence-electron chi connectivity index (χ1n) is 10.3. The third-order valence-corrected chi connectivity index (χ3v) is 5.39. The number of H-pyrrole nitrogens is 1. The Morgan fingerprint density at radius 1 is 1.06 bits per heavy atom. The minimum atomic E-state index is -0.961. The lowest BCUT2D eigenvalue weighted by atomic mass is 9.91. The van der Waals surface area contributed by atoms with Crippen molar-refractivity contribution < 1.29 is 9.90 Å². The summed E-state index contributed by atoms with van der Waals surface area (Å²) >= 11 is 0. The molecule has 0 bridgehead atoms. The molecule has 2 aromatic carbocycles. The maximum atomic E-state index is 12.0. The van der Waals surface area contributed by atoms with Crippen molar-refractivity contribution in [2.24, 2.45) is 7.05 Å². The van der Waals surface area contributed by atoms with Crippen molar-refractivity contribution in [3.05, 3.63) is 71.0 Å². The number of carbonyl (C=O) groups is 1. The molecule has 2 aromatic heterocycles. The zero-order chi connectivity index (χ0) is 21.8. The monoisotopic (exact) mass is 416 g/mol. The number of carboxylic acid groups (broad SMARTS) is 1. The third kappa shape index (κ3) is 4.09. The summed E-state index contributed by atoms with van der Waals surface area (Å²) in [6, 6.07) is 15.9. The normalized spacial score (nSPS) is 11.0. The quantitative estimate of drug-likeness (QED) is 0.451. The zero-order valence-corrected chi connectivity index (χ0v) is 17.5. The molecular weight excluding hydrogens is 392 g/mol. The first-order chi connectivity index (χ1) is 15.1. The van der Waals surface area contributed by atoms with Crippen LogP contribution in [0.15, 0.2) is 48.5 Å². The third-order valence-electron chi connectivity index (χ3n) is 5.39. The van der Waals surface area contributed by atoms with Gasteiger partial charge in [-0.05, 0) is 34.7 Å². The lowest BCUT2D eigenvalue weighted by Gasteiger charge is -2.13. The van der Waals surface area contributed by atoms with Crippen molar-refractivity contribution in [2.45, 2.75) is 32.6 Å². The number of aromatic amines is 1. The van der Waals surface area contributed by atoms with E-state index in [1.807, 2.05) is 48.5 Å². The van der Waals surface area contributed by atoms with Crippen LogP contribution in [-0.2, 0) is 19.9 Å². The predicted octanol–water partition coefficient (Wildman–Crippen LogP) is 3.90. The van der Waals surface area contributed by atoms with E-state index in [9.17, 15) is 9.90 Å². The first kappa shape index (κ1) is 20.5. The molecule has 0 atom stereocenters. The van der Waals surface area contributed by atoms with Gasteiger partial charge in [-0.25, -0.2) is 4.79 Å². The van der Waals surface area contributed by atoms with Crippen LogP contribution in [0.3, 0.4) is 0 Å². The molecule has 2 N–H and O–H groups in total. The topological polar surface area (TPSA) is 110 Å². The van der Waals surface area contributed by atoms with Crippen LogP contribution in [0.25, 0.3) is 22.5 Å². The second kappa shape index (κ2) is 8.91. The van der Waals surface area contributed by atoms with Gasteiger partial charge >= 0.3 is 5.97 Å². The van der Waals surface area contributed by atoms with Gasteiger partial charge in [-0.1, -0.05) is 61.9 Å². The van der Waals surface area contributed by atoms with Gasteiger partial charge < -0.3 is 5.11 Å². The minimum absolute atomic E-state index is 0.243. The highest BCUT2D eigenvalue weighted by atomic mass is 16.4. The van der Waals surface area contributed by atoms with E-state index in [0.717, 1.165) is 52.8 Å². The highest BCUT2D eigenvalue weighted by molar-refractivity contribution is 5.88. The van der Waals surface area contributed by atoms with Crippen molar-refractivity contribution in [2.75, 3.05) is 0 Å². The summed E-state index contributed by atoms with van der Waals surface area (Å²) in [5.74, 6) is -0.445. The summed E-state index contributed by atoms with van der Waals surface area (Å²) < 4.78 is 1.48. The van der Waals surface area contributed by atoms with Crippen LogP contribution in [0, 0.1) is 0 Å². The second-order valence-electron chi connectivity index (χ2n) is 7.42. The van der Waals surface area contributed by atoms with E-state index < -0.39 is 5.97 Å². The summed E-state index contributed by atoms with van der Waals surface area (Å²) in [6.45, 7) is 2.12. The number of hydrogen-bond donors (Lipinski definition) is 2. The SMILES string of the molecule is CCCCc1nn(C)c(C(=O)O)c1Cc1ccccc1-c1ccccc1-c1nn[nH]n1. The molecular formula is C23H24N6O2. The lowest BCUT2D eigenvalue weighted by Crippen LogP contribution is -2.09.